The summed E-state index contributed by atoms with van der Waals surface area (Å²) in [6.07, 6.45) is 8.01. The first-order valence-electron chi connectivity index (χ1n) is 7.35. The molecular formula is C16H25NO. The SMILES string of the molecule is CCCCNCc1ccccc1OC1CCCC1. The zero-order valence-electron chi connectivity index (χ0n) is 11.5. The van der Waals surface area contributed by atoms with Gasteiger partial charge in [0.2, 0.25) is 0 Å². The van der Waals surface area contributed by atoms with Gasteiger partial charge in [0.1, 0.15) is 5.75 Å². The van der Waals surface area contributed by atoms with Gasteiger partial charge in [-0.15, -0.1) is 0 Å². The van der Waals surface area contributed by atoms with E-state index in [2.05, 4.69) is 36.5 Å². The minimum absolute atomic E-state index is 0.446. The van der Waals surface area contributed by atoms with Crippen LogP contribution in [-0.2, 0) is 6.54 Å². The number of nitrogens with one attached hydrogen (secondary N) is 1. The van der Waals surface area contributed by atoms with Crippen LogP contribution in [0.5, 0.6) is 5.75 Å². The highest BCUT2D eigenvalue weighted by molar-refractivity contribution is 5.33. The van der Waals surface area contributed by atoms with Crippen molar-refractivity contribution in [3.05, 3.63) is 29.8 Å². The molecule has 1 aromatic rings. The maximum absolute atomic E-state index is 6.12. The zero-order chi connectivity index (χ0) is 12.6. The Morgan fingerprint density at radius 1 is 1.22 bits per heavy atom. The monoisotopic (exact) mass is 247 g/mol. The van der Waals surface area contributed by atoms with Crippen molar-refractivity contribution in [2.45, 2.75) is 58.1 Å². The van der Waals surface area contributed by atoms with Crippen LogP contribution in [0.25, 0.3) is 0 Å². The average molecular weight is 247 g/mol. The number of rotatable bonds is 7. The summed E-state index contributed by atoms with van der Waals surface area (Å²) >= 11 is 0. The number of para-hydroxylation sites is 1. The molecule has 2 rings (SSSR count). The van der Waals surface area contributed by atoms with Gasteiger partial charge in [0, 0.05) is 12.1 Å². The molecular weight excluding hydrogens is 222 g/mol. The minimum atomic E-state index is 0.446. The summed E-state index contributed by atoms with van der Waals surface area (Å²) in [5, 5.41) is 3.49. The van der Waals surface area contributed by atoms with Gasteiger partial charge in [-0.3, -0.25) is 0 Å². The number of hydrogen-bond acceptors (Lipinski definition) is 2. The number of ether oxygens (including phenoxy) is 1. The van der Waals surface area contributed by atoms with E-state index < -0.39 is 0 Å². The Morgan fingerprint density at radius 2 is 2.00 bits per heavy atom. The first kappa shape index (κ1) is 13.4. The van der Waals surface area contributed by atoms with Crippen LogP contribution in [0.2, 0.25) is 0 Å². The summed E-state index contributed by atoms with van der Waals surface area (Å²) in [5.74, 6) is 1.08. The molecule has 0 aromatic heterocycles. The molecule has 0 aliphatic heterocycles. The molecule has 0 saturated heterocycles. The summed E-state index contributed by atoms with van der Waals surface area (Å²) in [6.45, 7) is 4.23. The summed E-state index contributed by atoms with van der Waals surface area (Å²) in [6, 6.07) is 8.44. The Bertz CT molecular complexity index is 345. The molecule has 2 nitrogen and oxygen atoms in total. The second-order valence-electron chi connectivity index (χ2n) is 5.16. The van der Waals surface area contributed by atoms with Crippen LogP contribution in [0.4, 0.5) is 0 Å². The Labute approximate surface area is 111 Å². The molecule has 0 atom stereocenters. The Morgan fingerprint density at radius 3 is 2.78 bits per heavy atom. The molecule has 1 fully saturated rings. The maximum atomic E-state index is 6.12. The molecule has 1 aromatic carbocycles. The predicted octanol–water partition coefficient (Wildman–Crippen LogP) is 3.90. The van der Waals surface area contributed by atoms with Gasteiger partial charge < -0.3 is 10.1 Å². The number of benzene rings is 1. The van der Waals surface area contributed by atoms with Gasteiger partial charge in [0.05, 0.1) is 6.10 Å². The zero-order valence-corrected chi connectivity index (χ0v) is 11.5. The van der Waals surface area contributed by atoms with Gasteiger partial charge in [-0.1, -0.05) is 31.5 Å². The second-order valence-corrected chi connectivity index (χ2v) is 5.16. The van der Waals surface area contributed by atoms with E-state index in [9.17, 15) is 0 Å². The minimum Gasteiger partial charge on any atom is -0.490 e. The van der Waals surface area contributed by atoms with Gasteiger partial charge in [0.25, 0.3) is 0 Å². The van der Waals surface area contributed by atoms with Crippen molar-refractivity contribution in [2.24, 2.45) is 0 Å². The van der Waals surface area contributed by atoms with Crippen molar-refractivity contribution < 1.29 is 4.74 Å². The normalized spacial score (nSPS) is 16.1. The molecule has 1 saturated carbocycles. The van der Waals surface area contributed by atoms with Gasteiger partial charge in [-0.25, -0.2) is 0 Å². The summed E-state index contributed by atoms with van der Waals surface area (Å²) < 4.78 is 6.12. The molecule has 0 amide bonds. The Balaban J connectivity index is 1.87. The highest BCUT2D eigenvalue weighted by atomic mass is 16.5. The number of unbranched alkanes of at least 4 members (excludes halogenated alkanes) is 1. The molecule has 0 spiro atoms. The fourth-order valence-electron chi connectivity index (χ4n) is 2.48. The fraction of sp³-hybridized carbons (Fsp3) is 0.625. The fourth-order valence-corrected chi connectivity index (χ4v) is 2.48. The summed E-state index contributed by atoms with van der Waals surface area (Å²) in [4.78, 5) is 0. The largest absolute Gasteiger partial charge is 0.490 e. The first-order chi connectivity index (χ1) is 8.90. The van der Waals surface area contributed by atoms with E-state index in [-0.39, 0.29) is 0 Å². The van der Waals surface area contributed by atoms with Crippen molar-refractivity contribution in [1.29, 1.82) is 0 Å². The van der Waals surface area contributed by atoms with Crippen molar-refractivity contribution in [1.82, 2.24) is 5.32 Å². The smallest absolute Gasteiger partial charge is 0.124 e. The van der Waals surface area contributed by atoms with Gasteiger partial charge in [0.15, 0.2) is 0 Å². The van der Waals surface area contributed by atoms with Crippen LogP contribution in [-0.4, -0.2) is 12.6 Å². The second kappa shape index (κ2) is 7.42. The van der Waals surface area contributed by atoms with E-state index in [0.717, 1.165) is 18.8 Å². The summed E-state index contributed by atoms with van der Waals surface area (Å²) in [5.41, 5.74) is 1.29. The molecule has 18 heavy (non-hydrogen) atoms. The lowest BCUT2D eigenvalue weighted by atomic mass is 10.2. The molecule has 2 heteroatoms. The third kappa shape index (κ3) is 4.02. The van der Waals surface area contributed by atoms with Crippen molar-refractivity contribution in [3.63, 3.8) is 0 Å². The molecule has 0 unspecified atom stereocenters. The van der Waals surface area contributed by atoms with Crippen molar-refractivity contribution in [2.75, 3.05) is 6.54 Å². The molecule has 1 aliphatic carbocycles. The van der Waals surface area contributed by atoms with E-state index in [0.29, 0.717) is 6.10 Å². The standard InChI is InChI=1S/C16H25NO/c1-2-3-12-17-13-14-8-4-7-11-16(14)18-15-9-5-6-10-15/h4,7-8,11,15,17H,2-3,5-6,9-10,12-13H2,1H3. The van der Waals surface area contributed by atoms with Crippen LogP contribution < -0.4 is 10.1 Å². The molecule has 1 N–H and O–H groups in total. The van der Waals surface area contributed by atoms with Crippen molar-refractivity contribution in [3.8, 4) is 5.75 Å². The van der Waals surface area contributed by atoms with E-state index >= 15 is 0 Å². The lowest BCUT2D eigenvalue weighted by Crippen LogP contribution is -2.17. The quantitative estimate of drug-likeness (QED) is 0.738. The lowest BCUT2D eigenvalue weighted by Gasteiger charge is -2.16. The third-order valence-electron chi connectivity index (χ3n) is 3.59. The van der Waals surface area contributed by atoms with E-state index in [4.69, 9.17) is 4.74 Å². The van der Waals surface area contributed by atoms with Crippen LogP contribution >= 0.6 is 0 Å². The Hall–Kier alpha value is -1.02. The maximum Gasteiger partial charge on any atom is 0.124 e. The van der Waals surface area contributed by atoms with E-state index in [1.165, 1.54) is 44.1 Å². The van der Waals surface area contributed by atoms with Crippen LogP contribution in [0.15, 0.2) is 24.3 Å². The molecule has 0 heterocycles. The van der Waals surface area contributed by atoms with Gasteiger partial charge >= 0.3 is 0 Å². The van der Waals surface area contributed by atoms with E-state index in [1.54, 1.807) is 0 Å². The van der Waals surface area contributed by atoms with Gasteiger partial charge in [-0.2, -0.15) is 0 Å². The lowest BCUT2D eigenvalue weighted by molar-refractivity contribution is 0.207. The van der Waals surface area contributed by atoms with Gasteiger partial charge in [-0.05, 0) is 44.7 Å². The molecule has 100 valence electrons. The highest BCUT2D eigenvalue weighted by Gasteiger charge is 2.17. The topological polar surface area (TPSA) is 21.3 Å². The molecule has 0 radical (unpaired) electrons. The first-order valence-corrected chi connectivity index (χ1v) is 7.35. The van der Waals surface area contributed by atoms with Crippen molar-refractivity contribution >= 4 is 0 Å². The number of hydrogen-bond donors (Lipinski definition) is 1. The van der Waals surface area contributed by atoms with Crippen LogP contribution in [0.3, 0.4) is 0 Å². The Kier molecular flexibility index (Phi) is 5.53. The average Bonchev–Trinajstić information content (AvgIpc) is 2.89. The summed E-state index contributed by atoms with van der Waals surface area (Å²) in [7, 11) is 0. The van der Waals surface area contributed by atoms with Crippen LogP contribution in [0.1, 0.15) is 51.0 Å². The third-order valence-corrected chi connectivity index (χ3v) is 3.59. The molecule has 1 aliphatic rings. The van der Waals surface area contributed by atoms with Crippen LogP contribution in [0, 0.1) is 0 Å². The predicted molar refractivity (Wildman–Crippen MR) is 75.9 cm³/mol. The van der Waals surface area contributed by atoms with E-state index in [1.807, 2.05) is 0 Å². The molecule has 0 bridgehead atoms. The highest BCUT2D eigenvalue weighted by Crippen LogP contribution is 2.26.